The summed E-state index contributed by atoms with van der Waals surface area (Å²) in [5.74, 6) is -0.533. The maximum absolute atomic E-state index is 12.3. The van der Waals surface area contributed by atoms with Crippen molar-refractivity contribution in [3.8, 4) is 0 Å². The van der Waals surface area contributed by atoms with Gasteiger partial charge < -0.3 is 5.32 Å². The highest BCUT2D eigenvalue weighted by Gasteiger charge is 2.24. The fourth-order valence-corrected chi connectivity index (χ4v) is 2.86. The Bertz CT molecular complexity index is 670. The average molecular weight is 332 g/mol. The molecule has 6 nitrogen and oxygen atoms in total. The van der Waals surface area contributed by atoms with Gasteiger partial charge >= 0.3 is 0 Å². The number of rotatable bonds is 6. The highest BCUT2D eigenvalue weighted by molar-refractivity contribution is 7.15. The second-order valence-electron chi connectivity index (χ2n) is 5.57. The van der Waals surface area contributed by atoms with Crippen LogP contribution in [0.3, 0.4) is 0 Å². The molecule has 1 aromatic heterocycles. The van der Waals surface area contributed by atoms with Crippen LogP contribution in [-0.2, 0) is 16.0 Å². The summed E-state index contributed by atoms with van der Waals surface area (Å²) in [5.41, 5.74) is 1.14. The second kappa shape index (κ2) is 7.82. The first-order valence-electron chi connectivity index (χ1n) is 7.40. The maximum Gasteiger partial charge on any atom is 0.249 e. The van der Waals surface area contributed by atoms with E-state index in [9.17, 15) is 9.59 Å². The number of amides is 2. The summed E-state index contributed by atoms with van der Waals surface area (Å²) < 4.78 is 0. The van der Waals surface area contributed by atoms with Crippen molar-refractivity contribution in [2.45, 2.75) is 33.2 Å². The van der Waals surface area contributed by atoms with Crippen molar-refractivity contribution in [3.05, 3.63) is 40.9 Å². The van der Waals surface area contributed by atoms with Gasteiger partial charge in [0, 0.05) is 13.3 Å². The molecular formula is C16H20N4O2S. The predicted octanol–water partition coefficient (Wildman–Crippen LogP) is 2.23. The Morgan fingerprint density at radius 1 is 1.17 bits per heavy atom. The summed E-state index contributed by atoms with van der Waals surface area (Å²) in [7, 11) is 0. The number of carbonyl (C=O) groups is 2. The van der Waals surface area contributed by atoms with Gasteiger partial charge in [0.1, 0.15) is 11.0 Å². The van der Waals surface area contributed by atoms with Crippen LogP contribution < -0.4 is 10.6 Å². The molecule has 23 heavy (non-hydrogen) atoms. The fraction of sp³-hybridized carbons (Fsp3) is 0.375. The van der Waals surface area contributed by atoms with Crippen molar-refractivity contribution in [2.24, 2.45) is 5.92 Å². The van der Waals surface area contributed by atoms with Gasteiger partial charge in [0.25, 0.3) is 0 Å². The third-order valence-electron chi connectivity index (χ3n) is 3.20. The van der Waals surface area contributed by atoms with E-state index < -0.39 is 6.04 Å². The SMILES string of the molecule is CC(=O)N[C@@H](C(=O)Nc1nnc(Cc2ccccc2)s1)C(C)C. The topological polar surface area (TPSA) is 84.0 Å². The average Bonchev–Trinajstić information content (AvgIpc) is 2.92. The van der Waals surface area contributed by atoms with Crippen LogP contribution >= 0.6 is 11.3 Å². The first-order valence-corrected chi connectivity index (χ1v) is 8.21. The molecule has 0 bridgehead atoms. The van der Waals surface area contributed by atoms with Crippen molar-refractivity contribution >= 4 is 28.3 Å². The minimum atomic E-state index is -0.589. The van der Waals surface area contributed by atoms with Crippen LogP contribution in [0.25, 0.3) is 0 Å². The molecule has 2 N–H and O–H groups in total. The third kappa shape index (κ3) is 5.14. The molecule has 2 rings (SSSR count). The number of hydrogen-bond donors (Lipinski definition) is 2. The second-order valence-corrected chi connectivity index (χ2v) is 6.64. The van der Waals surface area contributed by atoms with E-state index in [0.29, 0.717) is 11.6 Å². The molecule has 2 aromatic rings. The van der Waals surface area contributed by atoms with Crippen LogP contribution in [0.15, 0.2) is 30.3 Å². The fourth-order valence-electron chi connectivity index (χ4n) is 2.08. The van der Waals surface area contributed by atoms with Crippen LogP contribution in [0.4, 0.5) is 5.13 Å². The first kappa shape index (κ1) is 17.1. The normalized spacial score (nSPS) is 12.0. The first-order chi connectivity index (χ1) is 11.0. The number of nitrogens with one attached hydrogen (secondary N) is 2. The number of aromatic nitrogens is 2. The molecule has 0 aliphatic carbocycles. The van der Waals surface area contributed by atoms with E-state index >= 15 is 0 Å². The van der Waals surface area contributed by atoms with Gasteiger partial charge in [0.05, 0.1) is 0 Å². The molecule has 0 aliphatic rings. The summed E-state index contributed by atoms with van der Waals surface area (Å²) in [6, 6.07) is 9.35. The van der Waals surface area contributed by atoms with Gasteiger partial charge in [-0.05, 0) is 11.5 Å². The third-order valence-corrected chi connectivity index (χ3v) is 4.04. The molecule has 2 amide bonds. The summed E-state index contributed by atoms with van der Waals surface area (Å²) in [6.45, 7) is 5.15. The molecule has 0 spiro atoms. The highest BCUT2D eigenvalue weighted by Crippen LogP contribution is 2.19. The van der Waals surface area contributed by atoms with E-state index in [1.54, 1.807) is 0 Å². The lowest BCUT2D eigenvalue weighted by Crippen LogP contribution is -2.46. The van der Waals surface area contributed by atoms with Crippen LogP contribution in [0, 0.1) is 5.92 Å². The Kier molecular flexibility index (Phi) is 5.81. The lowest BCUT2D eigenvalue weighted by Gasteiger charge is -2.19. The number of carbonyl (C=O) groups excluding carboxylic acids is 2. The van der Waals surface area contributed by atoms with E-state index in [2.05, 4.69) is 20.8 Å². The zero-order valence-electron chi connectivity index (χ0n) is 13.4. The van der Waals surface area contributed by atoms with Crippen molar-refractivity contribution in [2.75, 3.05) is 5.32 Å². The van der Waals surface area contributed by atoms with Crippen molar-refractivity contribution in [1.82, 2.24) is 15.5 Å². The molecule has 1 heterocycles. The van der Waals surface area contributed by atoms with E-state index in [1.807, 2.05) is 44.2 Å². The van der Waals surface area contributed by atoms with Gasteiger partial charge in [-0.3, -0.25) is 14.9 Å². The Hall–Kier alpha value is -2.28. The van der Waals surface area contributed by atoms with Gasteiger partial charge in [-0.15, -0.1) is 10.2 Å². The molecule has 0 saturated carbocycles. The Morgan fingerprint density at radius 2 is 1.87 bits per heavy atom. The molecule has 0 aliphatic heterocycles. The van der Waals surface area contributed by atoms with Gasteiger partial charge in [-0.1, -0.05) is 55.5 Å². The molecule has 0 fully saturated rings. The van der Waals surface area contributed by atoms with E-state index in [0.717, 1.165) is 10.6 Å². The monoisotopic (exact) mass is 332 g/mol. The summed E-state index contributed by atoms with van der Waals surface area (Å²) in [6.07, 6.45) is 0.674. The van der Waals surface area contributed by atoms with Gasteiger partial charge in [0.15, 0.2) is 0 Å². The van der Waals surface area contributed by atoms with Gasteiger partial charge in [-0.25, -0.2) is 0 Å². The van der Waals surface area contributed by atoms with Crippen molar-refractivity contribution in [1.29, 1.82) is 0 Å². The minimum Gasteiger partial charge on any atom is -0.344 e. The molecule has 0 unspecified atom stereocenters. The molecule has 122 valence electrons. The Labute approximate surface area is 139 Å². The Morgan fingerprint density at radius 3 is 2.48 bits per heavy atom. The standard InChI is InChI=1S/C16H20N4O2S/c1-10(2)14(17-11(3)21)15(22)18-16-20-19-13(23-16)9-12-7-5-4-6-8-12/h4-8,10,14H,9H2,1-3H3,(H,17,21)(H,18,20,22)/t14-/m1/s1. The van der Waals surface area contributed by atoms with E-state index in [4.69, 9.17) is 0 Å². The number of nitrogens with zero attached hydrogens (tertiary/aromatic N) is 2. The van der Waals surface area contributed by atoms with Crippen molar-refractivity contribution in [3.63, 3.8) is 0 Å². The zero-order chi connectivity index (χ0) is 16.8. The summed E-state index contributed by atoms with van der Waals surface area (Å²) in [5, 5.41) is 14.7. The van der Waals surface area contributed by atoms with Crippen LogP contribution in [-0.4, -0.2) is 28.1 Å². The molecule has 7 heteroatoms. The molecular weight excluding hydrogens is 312 g/mol. The largest absolute Gasteiger partial charge is 0.344 e. The lowest BCUT2D eigenvalue weighted by atomic mass is 10.0. The Balaban J connectivity index is 2.00. The quantitative estimate of drug-likeness (QED) is 0.849. The molecule has 1 aromatic carbocycles. The van der Waals surface area contributed by atoms with Crippen LogP contribution in [0.1, 0.15) is 31.3 Å². The predicted molar refractivity (Wildman–Crippen MR) is 90.2 cm³/mol. The van der Waals surface area contributed by atoms with Crippen LogP contribution in [0.2, 0.25) is 0 Å². The summed E-state index contributed by atoms with van der Waals surface area (Å²) >= 11 is 1.34. The summed E-state index contributed by atoms with van der Waals surface area (Å²) in [4.78, 5) is 23.5. The highest BCUT2D eigenvalue weighted by atomic mass is 32.1. The maximum atomic E-state index is 12.3. The van der Waals surface area contributed by atoms with Crippen LogP contribution in [0.5, 0.6) is 0 Å². The van der Waals surface area contributed by atoms with E-state index in [1.165, 1.54) is 18.3 Å². The lowest BCUT2D eigenvalue weighted by molar-refractivity contribution is -0.126. The van der Waals surface area contributed by atoms with Gasteiger partial charge in [-0.2, -0.15) is 0 Å². The van der Waals surface area contributed by atoms with E-state index in [-0.39, 0.29) is 17.7 Å². The van der Waals surface area contributed by atoms with Gasteiger partial charge in [0.2, 0.25) is 16.9 Å². The zero-order valence-corrected chi connectivity index (χ0v) is 14.2. The number of benzene rings is 1. The molecule has 0 saturated heterocycles. The molecule has 0 radical (unpaired) electrons. The smallest absolute Gasteiger partial charge is 0.249 e. The number of anilines is 1. The molecule has 1 atom stereocenters. The number of hydrogen-bond acceptors (Lipinski definition) is 5. The van der Waals surface area contributed by atoms with Crippen molar-refractivity contribution < 1.29 is 9.59 Å². The minimum absolute atomic E-state index is 0.0180.